The van der Waals surface area contributed by atoms with Gasteiger partial charge in [0.25, 0.3) is 0 Å². The van der Waals surface area contributed by atoms with Crippen molar-refractivity contribution in [3.8, 4) is 0 Å². The molecule has 0 fully saturated rings. The van der Waals surface area contributed by atoms with Crippen molar-refractivity contribution in [1.82, 2.24) is 0 Å². The largest absolute Gasteiger partial charge is 0.376 e. The van der Waals surface area contributed by atoms with Crippen molar-refractivity contribution in [3.05, 3.63) is 0 Å². The smallest absolute Gasteiger partial charge is 0.146 e. The molecule has 0 rings (SSSR count). The third-order valence-electron chi connectivity index (χ3n) is 0.490. The lowest BCUT2D eigenvalue weighted by molar-refractivity contribution is -0.0600. The maximum atomic E-state index is 8.38. The summed E-state index contributed by atoms with van der Waals surface area (Å²) in [7, 11) is 1.50. The van der Waals surface area contributed by atoms with Crippen LogP contribution in [0.1, 0.15) is 0 Å². The molecule has 8 heavy (non-hydrogen) atoms. The normalized spacial score (nSPS) is 13.9. The summed E-state index contributed by atoms with van der Waals surface area (Å²) in [6, 6.07) is 0. The van der Waals surface area contributed by atoms with E-state index in [1.165, 1.54) is 7.11 Å². The maximum absolute atomic E-state index is 8.38. The zero-order chi connectivity index (χ0) is 6.41. The predicted molar refractivity (Wildman–Crippen MR) is 28.0 cm³/mol. The van der Waals surface area contributed by atoms with Crippen LogP contribution in [0.5, 0.6) is 0 Å². The summed E-state index contributed by atoms with van der Waals surface area (Å²) >= 11 is 0. The van der Waals surface area contributed by atoms with Crippen LogP contribution in [0.4, 0.5) is 0 Å². The molecule has 0 aliphatic heterocycles. The molecule has 3 N–H and O–H groups in total. The second kappa shape index (κ2) is 4.99. The van der Waals surface area contributed by atoms with Crippen LogP contribution in [-0.4, -0.2) is 31.8 Å². The molecule has 0 aliphatic rings. The zero-order valence-electron chi connectivity index (χ0n) is 4.83. The second-order valence-electron chi connectivity index (χ2n) is 1.34. The lowest BCUT2D eigenvalue weighted by Crippen LogP contribution is -2.25. The van der Waals surface area contributed by atoms with Gasteiger partial charge in [0, 0.05) is 7.11 Å². The van der Waals surface area contributed by atoms with Crippen LogP contribution >= 0.6 is 0 Å². The Kier molecular flexibility index (Phi) is 4.89. The quantitative estimate of drug-likeness (QED) is 0.365. The molecule has 1 atom stereocenters. The van der Waals surface area contributed by atoms with Crippen LogP contribution in [0, 0.1) is 0 Å². The van der Waals surface area contributed by atoms with Gasteiger partial charge in [-0.05, 0) is 0 Å². The average molecular weight is 121 g/mol. The van der Waals surface area contributed by atoms with Gasteiger partial charge in [0.2, 0.25) is 0 Å². The maximum Gasteiger partial charge on any atom is 0.146 e. The van der Waals surface area contributed by atoms with Crippen LogP contribution in [0.2, 0.25) is 0 Å². The molecule has 0 aromatic rings. The van der Waals surface area contributed by atoms with Crippen molar-refractivity contribution in [2.24, 2.45) is 5.73 Å². The number of rotatable bonds is 4. The molecule has 0 heterocycles. The zero-order valence-corrected chi connectivity index (χ0v) is 4.83. The topological polar surface area (TPSA) is 64.7 Å². The molecule has 4 heteroatoms. The van der Waals surface area contributed by atoms with Crippen LogP contribution in [0.3, 0.4) is 0 Å². The van der Waals surface area contributed by atoms with E-state index >= 15 is 0 Å². The molecule has 0 radical (unpaired) electrons. The van der Waals surface area contributed by atoms with Crippen molar-refractivity contribution >= 4 is 0 Å². The SMILES string of the molecule is COCOCC(N)O. The first-order valence-electron chi connectivity index (χ1n) is 2.27. The first-order chi connectivity index (χ1) is 3.77. The van der Waals surface area contributed by atoms with Crippen LogP contribution < -0.4 is 5.73 Å². The number of ether oxygens (including phenoxy) is 2. The van der Waals surface area contributed by atoms with E-state index < -0.39 is 6.23 Å². The van der Waals surface area contributed by atoms with Gasteiger partial charge in [-0.1, -0.05) is 0 Å². The lowest BCUT2D eigenvalue weighted by Gasteiger charge is -2.03. The number of methoxy groups -OCH3 is 1. The van der Waals surface area contributed by atoms with Crippen molar-refractivity contribution in [2.45, 2.75) is 6.23 Å². The highest BCUT2D eigenvalue weighted by atomic mass is 16.7. The Morgan fingerprint density at radius 1 is 1.75 bits per heavy atom. The van der Waals surface area contributed by atoms with Crippen LogP contribution in [0.15, 0.2) is 0 Å². The third-order valence-corrected chi connectivity index (χ3v) is 0.490. The summed E-state index contributed by atoms with van der Waals surface area (Å²) < 4.78 is 9.15. The van der Waals surface area contributed by atoms with E-state index in [4.69, 9.17) is 10.8 Å². The Morgan fingerprint density at radius 2 is 2.38 bits per heavy atom. The van der Waals surface area contributed by atoms with E-state index in [0.717, 1.165) is 0 Å². The van der Waals surface area contributed by atoms with Crippen molar-refractivity contribution in [1.29, 1.82) is 0 Å². The Morgan fingerprint density at radius 3 is 2.75 bits per heavy atom. The van der Waals surface area contributed by atoms with Gasteiger partial charge < -0.3 is 20.3 Å². The van der Waals surface area contributed by atoms with E-state index in [0.29, 0.717) is 0 Å². The molecule has 1 unspecified atom stereocenters. The summed E-state index contributed by atoms with van der Waals surface area (Å²) in [5, 5.41) is 8.38. The Hall–Kier alpha value is -0.160. The summed E-state index contributed by atoms with van der Waals surface area (Å²) in [6.45, 7) is 0.294. The Balaban J connectivity index is 2.72. The molecule has 0 aromatic heterocycles. The molecule has 0 aromatic carbocycles. The fraction of sp³-hybridized carbons (Fsp3) is 1.00. The lowest BCUT2D eigenvalue weighted by atomic mass is 10.6. The molecule has 0 bridgehead atoms. The molecule has 0 saturated heterocycles. The Labute approximate surface area is 48.2 Å². The van der Waals surface area contributed by atoms with Crippen LogP contribution in [-0.2, 0) is 9.47 Å². The van der Waals surface area contributed by atoms with Gasteiger partial charge >= 0.3 is 0 Å². The summed E-state index contributed by atoms with van der Waals surface area (Å²) in [4.78, 5) is 0. The van der Waals surface area contributed by atoms with Gasteiger partial charge in [0.1, 0.15) is 13.0 Å². The molecule has 0 spiro atoms. The van der Waals surface area contributed by atoms with Crippen molar-refractivity contribution < 1.29 is 14.6 Å². The molecule has 4 nitrogen and oxygen atoms in total. The molecule has 50 valence electrons. The predicted octanol–water partition coefficient (Wildman–Crippen LogP) is -1.12. The van der Waals surface area contributed by atoms with Crippen LogP contribution in [0.25, 0.3) is 0 Å². The Bertz CT molecular complexity index is 48.5. The first-order valence-corrected chi connectivity index (χ1v) is 2.27. The summed E-state index contributed by atoms with van der Waals surface area (Å²) in [5.41, 5.74) is 4.91. The minimum absolute atomic E-state index is 0.119. The van der Waals surface area contributed by atoms with Crippen molar-refractivity contribution in [2.75, 3.05) is 20.5 Å². The average Bonchev–Trinajstić information content (AvgIpc) is 1.66. The molecule has 0 aliphatic carbocycles. The standard InChI is InChI=1S/C4H11NO3/c1-7-3-8-2-4(5)6/h4,6H,2-3,5H2,1H3. The highest BCUT2D eigenvalue weighted by Gasteiger charge is 1.91. The van der Waals surface area contributed by atoms with Gasteiger partial charge in [0.05, 0.1) is 6.61 Å². The van der Waals surface area contributed by atoms with Gasteiger partial charge in [-0.3, -0.25) is 0 Å². The van der Waals surface area contributed by atoms with Gasteiger partial charge in [-0.2, -0.15) is 0 Å². The number of hydrogen-bond donors (Lipinski definition) is 2. The minimum atomic E-state index is -0.898. The summed E-state index contributed by atoms with van der Waals surface area (Å²) in [5.74, 6) is 0. The molecule has 0 saturated carbocycles. The highest BCUT2D eigenvalue weighted by molar-refractivity contribution is 4.35. The third kappa shape index (κ3) is 5.84. The first kappa shape index (κ1) is 7.84. The molecule has 0 amide bonds. The van der Waals surface area contributed by atoms with E-state index in [1.54, 1.807) is 0 Å². The number of hydrogen-bond acceptors (Lipinski definition) is 4. The van der Waals surface area contributed by atoms with Gasteiger partial charge in [-0.25, -0.2) is 0 Å². The number of nitrogens with two attached hydrogens (primary N) is 1. The number of aliphatic hydroxyl groups excluding tert-OH is 1. The van der Waals surface area contributed by atoms with E-state index in [1.807, 2.05) is 0 Å². The van der Waals surface area contributed by atoms with E-state index in [-0.39, 0.29) is 13.4 Å². The molecular weight excluding hydrogens is 110 g/mol. The molecular formula is C4H11NO3. The van der Waals surface area contributed by atoms with Gasteiger partial charge in [-0.15, -0.1) is 0 Å². The minimum Gasteiger partial charge on any atom is -0.376 e. The second-order valence-corrected chi connectivity index (χ2v) is 1.34. The van der Waals surface area contributed by atoms with E-state index in [2.05, 4.69) is 9.47 Å². The van der Waals surface area contributed by atoms with Crippen molar-refractivity contribution in [3.63, 3.8) is 0 Å². The monoisotopic (exact) mass is 121 g/mol. The fourth-order valence-electron chi connectivity index (χ4n) is 0.252. The van der Waals surface area contributed by atoms with Gasteiger partial charge in [0.15, 0.2) is 0 Å². The van der Waals surface area contributed by atoms with E-state index in [9.17, 15) is 0 Å². The summed E-state index contributed by atoms with van der Waals surface area (Å²) in [6.07, 6.45) is -0.898. The number of aliphatic hydroxyl groups is 1. The fourth-order valence-corrected chi connectivity index (χ4v) is 0.252. The highest BCUT2D eigenvalue weighted by Crippen LogP contribution is 1.75.